The van der Waals surface area contributed by atoms with Crippen LogP contribution >= 0.6 is 0 Å². The molecule has 2 aliphatic rings. The van der Waals surface area contributed by atoms with Gasteiger partial charge in [-0.2, -0.15) is 0 Å². The molecule has 2 heterocycles. The lowest BCUT2D eigenvalue weighted by molar-refractivity contribution is -0.141. The molecule has 0 aromatic heterocycles. The van der Waals surface area contributed by atoms with Crippen LogP contribution in [0.4, 0.5) is 0 Å². The predicted molar refractivity (Wildman–Crippen MR) is 83.9 cm³/mol. The first-order chi connectivity index (χ1) is 10.6. The largest absolute Gasteiger partial charge is 0.486 e. The molecule has 1 N–H and O–H groups in total. The highest BCUT2D eigenvalue weighted by Crippen LogP contribution is 2.22. The van der Waals surface area contributed by atoms with Gasteiger partial charge in [0.05, 0.1) is 25.7 Å². The summed E-state index contributed by atoms with van der Waals surface area (Å²) in [4.78, 5) is 16.1. The summed E-state index contributed by atoms with van der Waals surface area (Å²) < 4.78 is 5.92. The molecule has 5 nitrogen and oxygen atoms in total. The Morgan fingerprint density at radius 3 is 2.82 bits per heavy atom. The summed E-state index contributed by atoms with van der Waals surface area (Å²) in [5.74, 6) is 1.04. The monoisotopic (exact) mass is 304 g/mol. The average Bonchev–Trinajstić information content (AvgIpc) is 2.44. The number of piperidine rings is 1. The fourth-order valence-corrected chi connectivity index (χ4v) is 3.05. The third-order valence-corrected chi connectivity index (χ3v) is 4.43. The Balaban J connectivity index is 1.43. The summed E-state index contributed by atoms with van der Waals surface area (Å²) in [6, 6.07) is 7.95. The van der Waals surface area contributed by atoms with Gasteiger partial charge in [-0.15, -0.1) is 0 Å². The molecule has 5 heteroatoms. The van der Waals surface area contributed by atoms with Crippen molar-refractivity contribution in [3.8, 4) is 5.75 Å². The molecule has 2 aliphatic heterocycles. The van der Waals surface area contributed by atoms with E-state index in [2.05, 4.69) is 0 Å². The number of carbonyl (C=O) groups excluding carboxylic acids is 1. The van der Waals surface area contributed by atoms with Crippen molar-refractivity contribution in [1.29, 1.82) is 0 Å². The van der Waals surface area contributed by atoms with Crippen LogP contribution in [0.5, 0.6) is 5.75 Å². The number of amides is 1. The first-order valence-electron chi connectivity index (χ1n) is 8.02. The number of aliphatic hydroxyl groups excluding tert-OH is 1. The molecule has 0 radical (unpaired) electrons. The molecule has 2 saturated heterocycles. The van der Waals surface area contributed by atoms with Crippen molar-refractivity contribution in [1.82, 2.24) is 9.80 Å². The lowest BCUT2D eigenvalue weighted by atomic mass is 10.1. The normalized spacial score (nSPS) is 23.2. The maximum atomic E-state index is 12.2. The fraction of sp³-hybridized carbons (Fsp3) is 0.588. The molecule has 3 rings (SSSR count). The van der Waals surface area contributed by atoms with E-state index in [1.165, 1.54) is 0 Å². The first-order valence-corrected chi connectivity index (χ1v) is 8.02. The third-order valence-electron chi connectivity index (χ3n) is 4.43. The molecule has 1 amide bonds. The second-order valence-corrected chi connectivity index (χ2v) is 6.34. The highest BCUT2D eigenvalue weighted by molar-refractivity contribution is 5.79. The lowest BCUT2D eigenvalue weighted by Gasteiger charge is -2.40. The number of aliphatic hydroxyl groups is 1. The Bertz CT molecular complexity index is 528. The highest BCUT2D eigenvalue weighted by Gasteiger charge is 2.33. The minimum absolute atomic E-state index is 0.0944. The molecule has 2 fully saturated rings. The van der Waals surface area contributed by atoms with Crippen LogP contribution in [0.3, 0.4) is 0 Å². The van der Waals surface area contributed by atoms with Gasteiger partial charge in [0.2, 0.25) is 5.91 Å². The van der Waals surface area contributed by atoms with Crippen molar-refractivity contribution in [3.63, 3.8) is 0 Å². The van der Waals surface area contributed by atoms with Crippen LogP contribution in [0.2, 0.25) is 0 Å². The van der Waals surface area contributed by atoms with Gasteiger partial charge in [0, 0.05) is 6.54 Å². The molecular formula is C17H24N2O3. The molecule has 0 saturated carbocycles. The standard InChI is InChI=1S/C17H24N2O3/c1-13-5-2-3-7-16(13)22-15-10-19(11-15)17(21)12-18-8-4-6-14(20)9-18/h2-3,5,7,14-15,20H,4,6,8-12H2,1H3/t14-/m0/s1. The van der Waals surface area contributed by atoms with Crippen LogP contribution in [0.25, 0.3) is 0 Å². The van der Waals surface area contributed by atoms with Crippen LogP contribution in [-0.2, 0) is 4.79 Å². The number of nitrogens with zero attached hydrogens (tertiary/aromatic N) is 2. The van der Waals surface area contributed by atoms with Crippen molar-refractivity contribution < 1.29 is 14.6 Å². The van der Waals surface area contributed by atoms with Gasteiger partial charge in [0.15, 0.2) is 0 Å². The smallest absolute Gasteiger partial charge is 0.237 e. The summed E-state index contributed by atoms with van der Waals surface area (Å²) in [6.45, 7) is 5.27. The van der Waals surface area contributed by atoms with E-state index < -0.39 is 0 Å². The summed E-state index contributed by atoms with van der Waals surface area (Å²) in [5.41, 5.74) is 1.12. The SMILES string of the molecule is Cc1ccccc1OC1CN(C(=O)CN2CCC[C@H](O)C2)C1. The quantitative estimate of drug-likeness (QED) is 0.903. The molecule has 1 atom stereocenters. The molecule has 0 spiro atoms. The van der Waals surface area contributed by atoms with E-state index >= 15 is 0 Å². The summed E-state index contributed by atoms with van der Waals surface area (Å²) >= 11 is 0. The number of ether oxygens (including phenoxy) is 1. The second kappa shape index (κ2) is 6.67. The third kappa shape index (κ3) is 3.59. The molecule has 1 aromatic rings. The predicted octanol–water partition coefficient (Wildman–Crippen LogP) is 1.04. The maximum absolute atomic E-state index is 12.2. The molecule has 1 aromatic carbocycles. The Hall–Kier alpha value is -1.59. The minimum Gasteiger partial charge on any atom is -0.486 e. The average molecular weight is 304 g/mol. The van der Waals surface area contributed by atoms with E-state index in [-0.39, 0.29) is 18.1 Å². The number of hydrogen-bond acceptors (Lipinski definition) is 4. The molecule has 120 valence electrons. The lowest BCUT2D eigenvalue weighted by Crippen LogP contribution is -2.58. The Labute approximate surface area is 131 Å². The second-order valence-electron chi connectivity index (χ2n) is 6.34. The number of β-amino-alcohol motifs (C(OH)–C–C–N with tert-alkyl or cyclic N) is 1. The Morgan fingerprint density at radius 1 is 1.32 bits per heavy atom. The van der Waals surface area contributed by atoms with E-state index in [0.717, 1.165) is 30.7 Å². The van der Waals surface area contributed by atoms with Crippen molar-refractivity contribution in [2.24, 2.45) is 0 Å². The van der Waals surface area contributed by atoms with Gasteiger partial charge in [0.25, 0.3) is 0 Å². The zero-order valence-electron chi connectivity index (χ0n) is 13.1. The van der Waals surface area contributed by atoms with E-state index in [1.807, 2.05) is 41.0 Å². The number of carbonyl (C=O) groups is 1. The Morgan fingerprint density at radius 2 is 2.09 bits per heavy atom. The van der Waals surface area contributed by atoms with Gasteiger partial charge >= 0.3 is 0 Å². The number of benzene rings is 1. The van der Waals surface area contributed by atoms with Gasteiger partial charge in [-0.05, 0) is 37.9 Å². The first kappa shape index (κ1) is 15.3. The molecule has 0 unspecified atom stereocenters. The molecule has 0 bridgehead atoms. The number of rotatable bonds is 4. The molecule has 0 aliphatic carbocycles. The van der Waals surface area contributed by atoms with Crippen molar-refractivity contribution in [2.45, 2.75) is 32.0 Å². The van der Waals surface area contributed by atoms with Gasteiger partial charge < -0.3 is 14.7 Å². The van der Waals surface area contributed by atoms with Crippen molar-refractivity contribution >= 4 is 5.91 Å². The van der Waals surface area contributed by atoms with Gasteiger partial charge in [-0.25, -0.2) is 0 Å². The fourth-order valence-electron chi connectivity index (χ4n) is 3.05. The number of para-hydroxylation sites is 1. The number of likely N-dealkylation sites (tertiary alicyclic amines) is 2. The van der Waals surface area contributed by atoms with Crippen molar-refractivity contribution in [2.75, 3.05) is 32.7 Å². The number of aryl methyl sites for hydroxylation is 1. The zero-order valence-corrected chi connectivity index (χ0v) is 13.1. The minimum atomic E-state index is -0.282. The van der Waals surface area contributed by atoms with Gasteiger partial charge in [-0.1, -0.05) is 18.2 Å². The van der Waals surface area contributed by atoms with Crippen LogP contribution in [0.1, 0.15) is 18.4 Å². The van der Waals surface area contributed by atoms with E-state index in [1.54, 1.807) is 0 Å². The summed E-state index contributed by atoms with van der Waals surface area (Å²) in [6.07, 6.45) is 1.63. The topological polar surface area (TPSA) is 53.0 Å². The van der Waals surface area contributed by atoms with Gasteiger partial charge in [0.1, 0.15) is 11.9 Å². The maximum Gasteiger partial charge on any atom is 0.237 e. The summed E-state index contributed by atoms with van der Waals surface area (Å²) in [7, 11) is 0. The van der Waals surface area contributed by atoms with Crippen LogP contribution in [-0.4, -0.2) is 65.7 Å². The molecular weight excluding hydrogens is 280 g/mol. The molecule has 22 heavy (non-hydrogen) atoms. The Kier molecular flexibility index (Phi) is 4.64. The van der Waals surface area contributed by atoms with Crippen LogP contribution in [0, 0.1) is 6.92 Å². The summed E-state index contributed by atoms with van der Waals surface area (Å²) in [5, 5.41) is 9.65. The van der Waals surface area contributed by atoms with E-state index in [4.69, 9.17) is 4.74 Å². The zero-order chi connectivity index (χ0) is 15.5. The number of hydrogen-bond donors (Lipinski definition) is 1. The highest BCUT2D eigenvalue weighted by atomic mass is 16.5. The van der Waals surface area contributed by atoms with E-state index in [0.29, 0.717) is 26.2 Å². The van der Waals surface area contributed by atoms with E-state index in [9.17, 15) is 9.90 Å². The van der Waals surface area contributed by atoms with Crippen LogP contribution in [0.15, 0.2) is 24.3 Å². The van der Waals surface area contributed by atoms with Gasteiger partial charge in [-0.3, -0.25) is 9.69 Å². The van der Waals surface area contributed by atoms with Crippen molar-refractivity contribution in [3.05, 3.63) is 29.8 Å². The van der Waals surface area contributed by atoms with Crippen LogP contribution < -0.4 is 4.74 Å².